The number of likely N-dealkylation sites (tertiary alicyclic amines) is 1. The van der Waals surface area contributed by atoms with E-state index in [4.69, 9.17) is 9.84 Å². The number of nitrogens with zero attached hydrogens (tertiary/aromatic N) is 1. The molecule has 1 amide bonds. The zero-order valence-electron chi connectivity index (χ0n) is 11.0. The smallest absolute Gasteiger partial charge is 0.223 e. The highest BCUT2D eigenvalue weighted by molar-refractivity contribution is 5.78. The van der Waals surface area contributed by atoms with Crippen molar-refractivity contribution < 1.29 is 19.7 Å². The molecule has 0 bridgehead atoms. The summed E-state index contributed by atoms with van der Waals surface area (Å²) in [5.41, 5.74) is 0.957. The van der Waals surface area contributed by atoms with E-state index in [1.165, 1.54) is 7.11 Å². The van der Waals surface area contributed by atoms with Gasteiger partial charge in [-0.3, -0.25) is 4.79 Å². The van der Waals surface area contributed by atoms with E-state index in [0.29, 0.717) is 31.7 Å². The molecular weight excluding hydrogens is 246 g/mol. The fourth-order valence-electron chi connectivity index (χ4n) is 2.35. The summed E-state index contributed by atoms with van der Waals surface area (Å²) in [5.74, 6) is 0.718. The third-order valence-electron chi connectivity index (χ3n) is 3.47. The highest BCUT2D eigenvalue weighted by Crippen LogP contribution is 2.26. The normalized spacial score (nSPS) is 18.9. The Morgan fingerprint density at radius 3 is 2.84 bits per heavy atom. The first-order valence-electron chi connectivity index (χ1n) is 6.38. The van der Waals surface area contributed by atoms with Crippen molar-refractivity contribution in [3.05, 3.63) is 23.8 Å². The van der Waals surface area contributed by atoms with Gasteiger partial charge in [0.1, 0.15) is 0 Å². The first-order chi connectivity index (χ1) is 9.13. The molecule has 1 aliphatic rings. The van der Waals surface area contributed by atoms with Gasteiger partial charge in [-0.25, -0.2) is 0 Å². The molecule has 1 aromatic carbocycles. The molecule has 1 unspecified atom stereocenters. The molecule has 1 atom stereocenters. The van der Waals surface area contributed by atoms with Crippen LogP contribution in [0.2, 0.25) is 0 Å². The first-order valence-corrected chi connectivity index (χ1v) is 6.38. The van der Waals surface area contributed by atoms with Crippen molar-refractivity contribution in [2.75, 3.05) is 26.8 Å². The minimum Gasteiger partial charge on any atom is -0.504 e. The molecule has 1 aliphatic heterocycles. The number of amides is 1. The average Bonchev–Trinajstić information content (AvgIpc) is 2.77. The van der Waals surface area contributed by atoms with E-state index >= 15 is 0 Å². The Morgan fingerprint density at radius 1 is 1.47 bits per heavy atom. The Hall–Kier alpha value is -1.75. The number of phenols is 1. The summed E-state index contributed by atoms with van der Waals surface area (Å²) in [6.07, 6.45) is 1.12. The number of hydrogen-bond acceptors (Lipinski definition) is 4. The summed E-state index contributed by atoms with van der Waals surface area (Å²) in [6, 6.07) is 5.25. The average molecular weight is 265 g/mol. The van der Waals surface area contributed by atoms with Crippen LogP contribution in [0.3, 0.4) is 0 Å². The van der Waals surface area contributed by atoms with E-state index in [1.807, 2.05) is 6.07 Å². The van der Waals surface area contributed by atoms with Gasteiger partial charge in [-0.2, -0.15) is 0 Å². The molecule has 0 saturated carbocycles. The molecule has 5 heteroatoms. The summed E-state index contributed by atoms with van der Waals surface area (Å²) in [6.45, 7) is 1.30. The van der Waals surface area contributed by atoms with Gasteiger partial charge < -0.3 is 19.8 Å². The van der Waals surface area contributed by atoms with Crippen LogP contribution in [0.5, 0.6) is 11.5 Å². The second-order valence-electron chi connectivity index (χ2n) is 4.85. The number of rotatable bonds is 5. The van der Waals surface area contributed by atoms with Gasteiger partial charge >= 0.3 is 0 Å². The predicted molar refractivity (Wildman–Crippen MR) is 70.1 cm³/mol. The Morgan fingerprint density at radius 2 is 2.26 bits per heavy atom. The van der Waals surface area contributed by atoms with Gasteiger partial charge in [0, 0.05) is 32.0 Å². The fourth-order valence-corrected chi connectivity index (χ4v) is 2.35. The van der Waals surface area contributed by atoms with Crippen LogP contribution in [0.1, 0.15) is 12.0 Å². The van der Waals surface area contributed by atoms with Gasteiger partial charge in [-0.05, 0) is 24.1 Å². The summed E-state index contributed by atoms with van der Waals surface area (Å²) >= 11 is 0. The first kappa shape index (κ1) is 13.7. The molecule has 1 aromatic rings. The van der Waals surface area contributed by atoms with Crippen molar-refractivity contribution in [1.82, 2.24) is 4.90 Å². The topological polar surface area (TPSA) is 70.0 Å². The molecule has 0 aliphatic carbocycles. The van der Waals surface area contributed by atoms with Crippen LogP contribution in [0.4, 0.5) is 0 Å². The molecule has 2 N–H and O–H groups in total. The van der Waals surface area contributed by atoms with E-state index in [2.05, 4.69) is 0 Å². The van der Waals surface area contributed by atoms with Crippen molar-refractivity contribution in [1.29, 1.82) is 0 Å². The SMILES string of the molecule is COc1ccc(CCN2CC(CO)CC2=O)cc1O. The number of carbonyl (C=O) groups is 1. The predicted octanol–water partition coefficient (Wildman–Crippen LogP) is 0.784. The lowest BCUT2D eigenvalue weighted by molar-refractivity contribution is -0.127. The third kappa shape index (κ3) is 3.17. The van der Waals surface area contributed by atoms with Gasteiger partial charge in [0.25, 0.3) is 0 Å². The van der Waals surface area contributed by atoms with Crippen LogP contribution >= 0.6 is 0 Å². The zero-order chi connectivity index (χ0) is 13.8. The van der Waals surface area contributed by atoms with E-state index in [1.54, 1.807) is 17.0 Å². The van der Waals surface area contributed by atoms with Crippen LogP contribution in [-0.4, -0.2) is 47.8 Å². The van der Waals surface area contributed by atoms with E-state index < -0.39 is 0 Å². The van der Waals surface area contributed by atoms with Crippen molar-refractivity contribution in [2.24, 2.45) is 5.92 Å². The van der Waals surface area contributed by atoms with Gasteiger partial charge in [0.15, 0.2) is 11.5 Å². The largest absolute Gasteiger partial charge is 0.504 e. The molecule has 0 spiro atoms. The Kier molecular flexibility index (Phi) is 4.27. The highest BCUT2D eigenvalue weighted by atomic mass is 16.5. The van der Waals surface area contributed by atoms with E-state index in [-0.39, 0.29) is 24.2 Å². The standard InChI is InChI=1S/C14H19NO4/c1-19-13-3-2-10(6-12(13)17)4-5-15-8-11(9-16)7-14(15)18/h2-3,6,11,16-17H,4-5,7-9H2,1H3. The Labute approximate surface area is 112 Å². The Balaban J connectivity index is 1.92. The summed E-state index contributed by atoms with van der Waals surface area (Å²) < 4.78 is 4.98. The number of aliphatic hydroxyl groups is 1. The number of aromatic hydroxyl groups is 1. The summed E-state index contributed by atoms with van der Waals surface area (Å²) in [4.78, 5) is 13.4. The van der Waals surface area contributed by atoms with Gasteiger partial charge in [-0.15, -0.1) is 0 Å². The van der Waals surface area contributed by atoms with E-state index in [0.717, 1.165) is 5.56 Å². The van der Waals surface area contributed by atoms with Crippen LogP contribution in [0.25, 0.3) is 0 Å². The Bertz CT molecular complexity index is 461. The molecule has 2 rings (SSSR count). The van der Waals surface area contributed by atoms with Crippen LogP contribution < -0.4 is 4.74 Å². The molecule has 5 nitrogen and oxygen atoms in total. The number of aliphatic hydroxyl groups excluding tert-OH is 1. The molecule has 0 aromatic heterocycles. The van der Waals surface area contributed by atoms with Gasteiger partial charge in [-0.1, -0.05) is 6.07 Å². The van der Waals surface area contributed by atoms with Crippen LogP contribution in [0.15, 0.2) is 18.2 Å². The van der Waals surface area contributed by atoms with Crippen molar-refractivity contribution in [2.45, 2.75) is 12.8 Å². The van der Waals surface area contributed by atoms with Gasteiger partial charge in [0.05, 0.1) is 7.11 Å². The molecule has 104 valence electrons. The second kappa shape index (κ2) is 5.93. The lowest BCUT2D eigenvalue weighted by Crippen LogP contribution is -2.27. The molecular formula is C14H19NO4. The lowest BCUT2D eigenvalue weighted by atomic mass is 10.1. The number of carbonyl (C=O) groups excluding carboxylic acids is 1. The maximum Gasteiger partial charge on any atom is 0.223 e. The minimum absolute atomic E-state index is 0.0611. The maximum atomic E-state index is 11.7. The van der Waals surface area contributed by atoms with Crippen molar-refractivity contribution in [3.63, 3.8) is 0 Å². The number of ether oxygens (including phenoxy) is 1. The highest BCUT2D eigenvalue weighted by Gasteiger charge is 2.28. The molecule has 1 saturated heterocycles. The quantitative estimate of drug-likeness (QED) is 0.825. The summed E-state index contributed by atoms with van der Waals surface area (Å²) in [7, 11) is 1.51. The number of hydrogen-bond donors (Lipinski definition) is 2. The summed E-state index contributed by atoms with van der Waals surface area (Å²) in [5, 5.41) is 18.7. The number of benzene rings is 1. The zero-order valence-corrected chi connectivity index (χ0v) is 11.0. The van der Waals surface area contributed by atoms with E-state index in [9.17, 15) is 9.90 Å². The van der Waals surface area contributed by atoms with Crippen LogP contribution in [-0.2, 0) is 11.2 Å². The third-order valence-corrected chi connectivity index (χ3v) is 3.47. The van der Waals surface area contributed by atoms with Crippen molar-refractivity contribution in [3.8, 4) is 11.5 Å². The van der Waals surface area contributed by atoms with Crippen molar-refractivity contribution >= 4 is 5.91 Å². The molecule has 0 radical (unpaired) electrons. The number of phenolic OH excluding ortho intramolecular Hbond substituents is 1. The molecule has 19 heavy (non-hydrogen) atoms. The molecule has 1 heterocycles. The van der Waals surface area contributed by atoms with Gasteiger partial charge in [0.2, 0.25) is 5.91 Å². The lowest BCUT2D eigenvalue weighted by Gasteiger charge is -2.16. The second-order valence-corrected chi connectivity index (χ2v) is 4.85. The number of methoxy groups -OCH3 is 1. The monoisotopic (exact) mass is 265 g/mol. The maximum absolute atomic E-state index is 11.7. The fraction of sp³-hybridized carbons (Fsp3) is 0.500. The minimum atomic E-state index is 0.0611. The van der Waals surface area contributed by atoms with Crippen LogP contribution in [0, 0.1) is 5.92 Å². The molecule has 1 fully saturated rings.